The molecule has 22 heavy (non-hydrogen) atoms. The molecule has 0 bridgehead atoms. The van der Waals surface area contributed by atoms with Crippen molar-refractivity contribution in [2.24, 2.45) is 10.8 Å². The summed E-state index contributed by atoms with van der Waals surface area (Å²) in [5, 5.41) is 0. The van der Waals surface area contributed by atoms with Gasteiger partial charge < -0.3 is 0 Å². The van der Waals surface area contributed by atoms with Gasteiger partial charge >= 0.3 is 0 Å². The predicted molar refractivity (Wildman–Crippen MR) is 88.9 cm³/mol. The highest BCUT2D eigenvalue weighted by atomic mass is 17.2. The summed E-state index contributed by atoms with van der Waals surface area (Å²) in [6.07, 6.45) is -0.672. The third kappa shape index (κ3) is 9.42. The molecule has 4 nitrogen and oxygen atoms in total. The van der Waals surface area contributed by atoms with Crippen LogP contribution in [0.15, 0.2) is 0 Å². The lowest BCUT2D eigenvalue weighted by atomic mass is 9.90. The molecule has 0 aliphatic heterocycles. The van der Waals surface area contributed by atoms with Crippen LogP contribution >= 0.6 is 0 Å². The Labute approximate surface area is 136 Å². The van der Waals surface area contributed by atoms with E-state index in [1.165, 1.54) is 0 Å². The smallest absolute Gasteiger partial charge is 0.150 e. The van der Waals surface area contributed by atoms with Gasteiger partial charge in [0.25, 0.3) is 0 Å². The van der Waals surface area contributed by atoms with Gasteiger partial charge in [-0.05, 0) is 38.5 Å². The van der Waals surface area contributed by atoms with Crippen LogP contribution in [0.25, 0.3) is 0 Å². The van der Waals surface area contributed by atoms with E-state index in [4.69, 9.17) is 19.6 Å². The lowest BCUT2D eigenvalue weighted by molar-refractivity contribution is -0.350. The largest absolute Gasteiger partial charge is 0.232 e. The summed E-state index contributed by atoms with van der Waals surface area (Å²) in [5.41, 5.74) is 0.0565. The molecule has 0 amide bonds. The highest BCUT2D eigenvalue weighted by Crippen LogP contribution is 2.22. The van der Waals surface area contributed by atoms with E-state index in [9.17, 15) is 0 Å². The molecule has 0 aliphatic rings. The van der Waals surface area contributed by atoms with Gasteiger partial charge in [-0.3, -0.25) is 0 Å². The second kappa shape index (κ2) is 8.88. The van der Waals surface area contributed by atoms with Crippen molar-refractivity contribution >= 4 is 0 Å². The molecule has 4 heteroatoms. The molecule has 0 heterocycles. The first-order valence-corrected chi connectivity index (χ1v) is 7.99. The van der Waals surface area contributed by atoms with E-state index in [1.54, 1.807) is 0 Å². The van der Waals surface area contributed by atoms with E-state index >= 15 is 0 Å². The quantitative estimate of drug-likeness (QED) is 0.410. The summed E-state index contributed by atoms with van der Waals surface area (Å²) in [6.45, 7) is 20.2. The summed E-state index contributed by atoms with van der Waals surface area (Å²) in [4.78, 5) is 21.3. The average molecular weight is 314 g/mol. The van der Waals surface area contributed by atoms with Crippen LogP contribution in [-0.4, -0.2) is 24.4 Å². The topological polar surface area (TPSA) is 36.9 Å². The van der Waals surface area contributed by atoms with Gasteiger partial charge in [0.2, 0.25) is 0 Å². The van der Waals surface area contributed by atoms with E-state index in [-0.39, 0.29) is 35.2 Å². The lowest BCUT2D eigenvalue weighted by Crippen LogP contribution is -2.28. The Morgan fingerprint density at radius 1 is 0.545 bits per heavy atom. The van der Waals surface area contributed by atoms with Crippen LogP contribution in [0.3, 0.4) is 0 Å². The molecule has 0 aromatic rings. The van der Waals surface area contributed by atoms with Crippen molar-refractivity contribution in [3.05, 3.63) is 0 Å². The van der Waals surface area contributed by atoms with Gasteiger partial charge in [-0.25, -0.2) is 19.6 Å². The van der Waals surface area contributed by atoms with Gasteiger partial charge in [0.1, 0.15) is 0 Å². The Kier molecular flexibility index (Phi) is 8.64. The zero-order valence-electron chi connectivity index (χ0n) is 15.9. The Hall–Kier alpha value is -0.600. The molecule has 4 unspecified atom stereocenters. The lowest BCUT2D eigenvalue weighted by Gasteiger charge is -2.26. The summed E-state index contributed by atoms with van der Waals surface area (Å²) >= 11 is 0. The predicted octanol–water partition coefficient (Wildman–Crippen LogP) is 4.53. The van der Waals surface area contributed by atoms with Crippen LogP contribution in [-0.2, 0) is 19.6 Å². The highest BCUT2D eigenvalue weighted by molar-refractivity contribution is 5.07. The molecule has 0 fully saturated rings. The van der Waals surface area contributed by atoms with E-state index < -0.39 is 0 Å². The van der Waals surface area contributed by atoms with Gasteiger partial charge in [0, 0.05) is 0 Å². The fourth-order valence-corrected chi connectivity index (χ4v) is 0.905. The molecule has 0 radical (unpaired) electrons. The van der Waals surface area contributed by atoms with Crippen LogP contribution in [0.5, 0.6) is 0 Å². The van der Waals surface area contributed by atoms with Crippen molar-refractivity contribution in [3.63, 3.8) is 0 Å². The average Bonchev–Trinajstić information content (AvgIpc) is 2.37. The van der Waals surface area contributed by atoms with Crippen LogP contribution in [0, 0.1) is 22.7 Å². The monoisotopic (exact) mass is 314 g/mol. The first kappa shape index (κ1) is 21.4. The van der Waals surface area contributed by atoms with Crippen molar-refractivity contribution in [1.82, 2.24) is 0 Å². The second-order valence-corrected chi connectivity index (χ2v) is 7.97. The van der Waals surface area contributed by atoms with Crippen molar-refractivity contribution in [1.29, 1.82) is 0 Å². The molecule has 130 valence electrons. The summed E-state index contributed by atoms with van der Waals surface area (Å²) in [5.74, 6) is 5.90. The third-order valence-corrected chi connectivity index (χ3v) is 3.62. The molecule has 0 aromatic carbocycles. The minimum Gasteiger partial charge on any atom is -0.232 e. The minimum atomic E-state index is -0.323. The van der Waals surface area contributed by atoms with Crippen LogP contribution < -0.4 is 0 Å². The molecule has 0 aliphatic carbocycles. The Morgan fingerprint density at radius 3 is 1.05 bits per heavy atom. The number of rotatable bonds is 6. The zero-order chi connectivity index (χ0) is 17.6. The van der Waals surface area contributed by atoms with E-state index in [1.807, 2.05) is 27.7 Å². The molecular formula is C18H34O4. The van der Waals surface area contributed by atoms with Crippen molar-refractivity contribution in [2.75, 3.05) is 0 Å². The fraction of sp³-hybridized carbons (Fsp3) is 0.889. The third-order valence-electron chi connectivity index (χ3n) is 3.62. The SMILES string of the molecule is CC(C#CC(C)OOC(C)C(C)(C)C)OOC(C)C(C)(C)C. The molecule has 0 saturated heterocycles. The van der Waals surface area contributed by atoms with Crippen molar-refractivity contribution < 1.29 is 19.6 Å². The maximum atomic E-state index is 5.37. The Morgan fingerprint density at radius 2 is 0.818 bits per heavy atom. The molecule has 4 atom stereocenters. The van der Waals surface area contributed by atoms with Gasteiger partial charge in [-0.2, -0.15) is 0 Å². The van der Waals surface area contributed by atoms with E-state index in [2.05, 4.69) is 53.4 Å². The maximum absolute atomic E-state index is 5.37. The summed E-state index contributed by atoms with van der Waals surface area (Å²) in [6, 6.07) is 0. The number of hydrogen-bond acceptors (Lipinski definition) is 4. The highest BCUT2D eigenvalue weighted by Gasteiger charge is 2.23. The zero-order valence-corrected chi connectivity index (χ0v) is 15.9. The number of hydrogen-bond donors (Lipinski definition) is 0. The minimum absolute atomic E-state index is 0.0126. The van der Waals surface area contributed by atoms with Crippen LogP contribution in [0.2, 0.25) is 0 Å². The molecular weight excluding hydrogens is 280 g/mol. The summed E-state index contributed by atoms with van der Waals surface area (Å²) < 4.78 is 0. The van der Waals surface area contributed by atoms with Crippen LogP contribution in [0.1, 0.15) is 69.2 Å². The first-order chi connectivity index (χ1) is 9.84. The van der Waals surface area contributed by atoms with Crippen molar-refractivity contribution in [3.8, 4) is 11.8 Å². The second-order valence-electron chi connectivity index (χ2n) is 7.97. The van der Waals surface area contributed by atoms with Gasteiger partial charge in [-0.1, -0.05) is 53.4 Å². The molecule has 0 N–H and O–H groups in total. The van der Waals surface area contributed by atoms with Gasteiger partial charge in [0.05, 0.1) is 12.2 Å². The summed E-state index contributed by atoms with van der Waals surface area (Å²) in [7, 11) is 0. The molecule has 0 aromatic heterocycles. The van der Waals surface area contributed by atoms with Crippen LogP contribution in [0.4, 0.5) is 0 Å². The molecule has 0 rings (SSSR count). The molecule has 0 saturated carbocycles. The normalized spacial score (nSPS) is 18.1. The Balaban J connectivity index is 4.16. The van der Waals surface area contributed by atoms with Gasteiger partial charge in [-0.15, -0.1) is 0 Å². The van der Waals surface area contributed by atoms with E-state index in [0.29, 0.717) is 0 Å². The van der Waals surface area contributed by atoms with E-state index in [0.717, 1.165) is 0 Å². The van der Waals surface area contributed by atoms with Crippen molar-refractivity contribution in [2.45, 2.75) is 93.7 Å². The van der Waals surface area contributed by atoms with Gasteiger partial charge in [0.15, 0.2) is 12.2 Å². The first-order valence-electron chi connectivity index (χ1n) is 7.99. The maximum Gasteiger partial charge on any atom is 0.150 e. The standard InChI is InChI=1S/C18H34O4/c1-13(19-21-15(3)17(5,6)7)11-12-14(2)20-22-16(4)18(8,9)10/h13-16H,1-10H3. The fourth-order valence-electron chi connectivity index (χ4n) is 0.905. The molecule has 0 spiro atoms. The Bertz CT molecular complexity index is 333.